The molecule has 0 amide bonds. The Labute approximate surface area is 115 Å². The van der Waals surface area contributed by atoms with Crippen LogP contribution in [0.25, 0.3) is 0 Å². The van der Waals surface area contributed by atoms with Crippen molar-refractivity contribution in [1.29, 1.82) is 0 Å². The first kappa shape index (κ1) is 13.5. The zero-order valence-electron chi connectivity index (χ0n) is 11.5. The molecule has 0 atom stereocenters. The van der Waals surface area contributed by atoms with Crippen LogP contribution in [0.3, 0.4) is 0 Å². The number of hydrogen-bond acceptors (Lipinski definition) is 2. The maximum absolute atomic E-state index is 6.06. The van der Waals surface area contributed by atoms with Crippen molar-refractivity contribution < 1.29 is 0 Å². The lowest BCUT2D eigenvalue weighted by atomic mass is 9.75. The van der Waals surface area contributed by atoms with Crippen molar-refractivity contribution in [1.82, 2.24) is 0 Å². The minimum Gasteiger partial charge on any atom is -0.397 e. The van der Waals surface area contributed by atoms with Gasteiger partial charge in [0.25, 0.3) is 0 Å². The van der Waals surface area contributed by atoms with Crippen LogP contribution in [0, 0.1) is 5.41 Å². The van der Waals surface area contributed by atoms with E-state index in [4.69, 9.17) is 17.3 Å². The number of rotatable bonds is 2. The number of benzene rings is 1. The molecule has 0 aliphatic heterocycles. The van der Waals surface area contributed by atoms with E-state index in [-0.39, 0.29) is 0 Å². The largest absolute Gasteiger partial charge is 0.397 e. The van der Waals surface area contributed by atoms with Crippen molar-refractivity contribution in [2.75, 3.05) is 17.7 Å². The molecule has 2 nitrogen and oxygen atoms in total. The van der Waals surface area contributed by atoms with Crippen LogP contribution >= 0.6 is 11.6 Å². The van der Waals surface area contributed by atoms with Crippen molar-refractivity contribution in [3.63, 3.8) is 0 Å². The molecule has 100 valence electrons. The highest BCUT2D eigenvalue weighted by Crippen LogP contribution is 2.38. The van der Waals surface area contributed by atoms with Gasteiger partial charge in [-0.25, -0.2) is 0 Å². The molecule has 0 unspecified atom stereocenters. The summed E-state index contributed by atoms with van der Waals surface area (Å²) in [4.78, 5) is 2.32. The molecule has 1 aliphatic rings. The zero-order chi connectivity index (χ0) is 13.3. The van der Waals surface area contributed by atoms with Crippen LogP contribution in [0.1, 0.15) is 39.5 Å². The normalized spacial score (nSPS) is 19.8. The Kier molecular flexibility index (Phi) is 3.76. The second-order valence-electron chi connectivity index (χ2n) is 6.21. The number of nitrogen functional groups attached to an aromatic ring is 1. The molecule has 0 heterocycles. The van der Waals surface area contributed by atoms with E-state index in [1.54, 1.807) is 0 Å². The van der Waals surface area contributed by atoms with Crippen molar-refractivity contribution in [2.24, 2.45) is 5.41 Å². The second-order valence-corrected chi connectivity index (χ2v) is 6.65. The summed E-state index contributed by atoms with van der Waals surface area (Å²) in [5, 5.41) is 0.703. The molecule has 1 fully saturated rings. The van der Waals surface area contributed by atoms with Crippen LogP contribution in [-0.4, -0.2) is 13.1 Å². The molecule has 2 rings (SSSR count). The third kappa shape index (κ3) is 2.92. The summed E-state index contributed by atoms with van der Waals surface area (Å²) in [5.74, 6) is 0. The van der Waals surface area contributed by atoms with Crippen LogP contribution in [0.2, 0.25) is 5.02 Å². The fraction of sp³-hybridized carbons (Fsp3) is 0.600. The highest BCUT2D eigenvalue weighted by molar-refractivity contribution is 6.31. The summed E-state index contributed by atoms with van der Waals surface area (Å²) < 4.78 is 0. The Morgan fingerprint density at radius 2 is 1.89 bits per heavy atom. The van der Waals surface area contributed by atoms with Gasteiger partial charge in [-0.15, -0.1) is 0 Å². The molecule has 3 heteroatoms. The van der Waals surface area contributed by atoms with E-state index in [1.807, 2.05) is 18.2 Å². The molecule has 18 heavy (non-hydrogen) atoms. The van der Waals surface area contributed by atoms with Gasteiger partial charge in [-0.05, 0) is 49.3 Å². The average Bonchev–Trinajstić information content (AvgIpc) is 2.28. The summed E-state index contributed by atoms with van der Waals surface area (Å²) in [6, 6.07) is 6.37. The molecule has 0 spiro atoms. The summed E-state index contributed by atoms with van der Waals surface area (Å²) in [5.41, 5.74) is 8.43. The van der Waals surface area contributed by atoms with E-state index < -0.39 is 0 Å². The van der Waals surface area contributed by atoms with E-state index in [1.165, 1.54) is 25.7 Å². The average molecular weight is 267 g/mol. The van der Waals surface area contributed by atoms with Gasteiger partial charge in [-0.1, -0.05) is 25.4 Å². The van der Waals surface area contributed by atoms with Crippen LogP contribution in [-0.2, 0) is 0 Å². The third-order valence-corrected chi connectivity index (χ3v) is 4.46. The molecule has 1 saturated carbocycles. The van der Waals surface area contributed by atoms with Gasteiger partial charge in [0.05, 0.1) is 11.4 Å². The predicted molar refractivity (Wildman–Crippen MR) is 80.3 cm³/mol. The molecule has 0 radical (unpaired) electrons. The van der Waals surface area contributed by atoms with Crippen LogP contribution in [0.15, 0.2) is 18.2 Å². The number of nitrogens with zero attached hydrogens (tertiary/aromatic N) is 1. The minimum absolute atomic E-state index is 0.503. The van der Waals surface area contributed by atoms with Crippen molar-refractivity contribution >= 4 is 23.0 Å². The Hall–Kier alpha value is -0.890. The fourth-order valence-corrected chi connectivity index (χ4v) is 3.00. The van der Waals surface area contributed by atoms with Gasteiger partial charge in [-0.3, -0.25) is 0 Å². The Balaban J connectivity index is 2.10. The van der Waals surface area contributed by atoms with Crippen molar-refractivity contribution in [3.8, 4) is 0 Å². The smallest absolute Gasteiger partial charge is 0.0600 e. The zero-order valence-corrected chi connectivity index (χ0v) is 12.3. The molecule has 1 aromatic carbocycles. The first-order valence-corrected chi connectivity index (χ1v) is 7.05. The van der Waals surface area contributed by atoms with Crippen LogP contribution in [0.4, 0.5) is 11.4 Å². The lowest BCUT2D eigenvalue weighted by molar-refractivity contribution is 0.222. The molecular formula is C15H23ClN2. The highest BCUT2D eigenvalue weighted by Gasteiger charge is 2.29. The van der Waals surface area contributed by atoms with E-state index in [0.717, 1.165) is 11.4 Å². The first-order valence-electron chi connectivity index (χ1n) is 6.67. The maximum Gasteiger partial charge on any atom is 0.0600 e. The van der Waals surface area contributed by atoms with Gasteiger partial charge < -0.3 is 10.6 Å². The number of nitrogens with two attached hydrogens (primary N) is 1. The van der Waals surface area contributed by atoms with Gasteiger partial charge in [-0.2, -0.15) is 0 Å². The molecule has 0 bridgehead atoms. The Morgan fingerprint density at radius 1 is 1.28 bits per heavy atom. The van der Waals surface area contributed by atoms with Crippen molar-refractivity contribution in [2.45, 2.75) is 45.6 Å². The predicted octanol–water partition coefficient (Wildman–Crippen LogP) is 4.33. The van der Waals surface area contributed by atoms with E-state index in [0.29, 0.717) is 16.5 Å². The molecule has 2 N–H and O–H groups in total. The third-order valence-electron chi connectivity index (χ3n) is 4.23. The van der Waals surface area contributed by atoms with E-state index in [2.05, 4.69) is 25.8 Å². The Morgan fingerprint density at radius 3 is 2.44 bits per heavy atom. The number of halogens is 1. The number of anilines is 2. The lowest BCUT2D eigenvalue weighted by Crippen LogP contribution is -2.37. The number of hydrogen-bond donors (Lipinski definition) is 1. The summed E-state index contributed by atoms with van der Waals surface area (Å²) in [7, 11) is 2.14. The van der Waals surface area contributed by atoms with Crippen LogP contribution in [0.5, 0.6) is 0 Å². The van der Waals surface area contributed by atoms with Gasteiger partial charge in [0.1, 0.15) is 0 Å². The molecular weight excluding hydrogens is 244 g/mol. The van der Waals surface area contributed by atoms with E-state index >= 15 is 0 Å². The standard InChI is InChI=1S/C15H23ClN2/c1-15(2)8-6-12(7-9-15)18(3)14-5-4-11(16)10-13(14)17/h4-5,10,12H,6-9,17H2,1-3H3. The quantitative estimate of drug-likeness (QED) is 0.808. The maximum atomic E-state index is 6.06. The van der Waals surface area contributed by atoms with Gasteiger partial charge in [0.2, 0.25) is 0 Å². The lowest BCUT2D eigenvalue weighted by Gasteiger charge is -2.39. The van der Waals surface area contributed by atoms with Gasteiger partial charge >= 0.3 is 0 Å². The molecule has 1 aromatic rings. The monoisotopic (exact) mass is 266 g/mol. The first-order chi connectivity index (χ1) is 8.39. The summed E-state index contributed by atoms with van der Waals surface area (Å²) >= 11 is 5.95. The molecule has 0 aromatic heterocycles. The van der Waals surface area contributed by atoms with Crippen LogP contribution < -0.4 is 10.6 Å². The molecule has 1 aliphatic carbocycles. The topological polar surface area (TPSA) is 29.3 Å². The highest BCUT2D eigenvalue weighted by atomic mass is 35.5. The van der Waals surface area contributed by atoms with Crippen molar-refractivity contribution in [3.05, 3.63) is 23.2 Å². The van der Waals surface area contributed by atoms with Gasteiger partial charge in [0.15, 0.2) is 0 Å². The second kappa shape index (κ2) is 5.00. The minimum atomic E-state index is 0.503. The van der Waals surface area contributed by atoms with Gasteiger partial charge in [0, 0.05) is 18.1 Å². The SMILES string of the molecule is CN(c1ccc(Cl)cc1N)C1CCC(C)(C)CC1. The van der Waals surface area contributed by atoms with E-state index in [9.17, 15) is 0 Å². The molecule has 0 saturated heterocycles. The Bertz CT molecular complexity index is 419. The summed E-state index contributed by atoms with van der Waals surface area (Å²) in [6.07, 6.45) is 5.06. The summed E-state index contributed by atoms with van der Waals surface area (Å²) in [6.45, 7) is 4.72. The fourth-order valence-electron chi connectivity index (χ4n) is 2.81.